The molecule has 0 atom stereocenters. The van der Waals surface area contributed by atoms with Gasteiger partial charge in [0.15, 0.2) is 0 Å². The molecular formula is C18H18Cl2N4OS. The number of hydrogen-bond donors (Lipinski definition) is 1. The normalized spacial score (nSPS) is 15.5. The summed E-state index contributed by atoms with van der Waals surface area (Å²) in [5.74, 6) is 0.794. The number of nitrogens with zero attached hydrogens (tertiary/aromatic N) is 3. The van der Waals surface area contributed by atoms with Gasteiger partial charge in [-0.05, 0) is 37.0 Å². The number of amides is 1. The minimum absolute atomic E-state index is 0.0162. The van der Waals surface area contributed by atoms with Crippen molar-refractivity contribution >= 4 is 51.4 Å². The highest BCUT2D eigenvalue weighted by molar-refractivity contribution is 7.15. The largest absolute Gasteiger partial charge is 0.293 e. The van der Waals surface area contributed by atoms with Crippen molar-refractivity contribution in [1.82, 2.24) is 14.6 Å². The molecule has 3 aromatic rings. The molecule has 0 radical (unpaired) electrons. The quantitative estimate of drug-likeness (QED) is 0.604. The van der Waals surface area contributed by atoms with Gasteiger partial charge in [-0.1, -0.05) is 42.5 Å². The zero-order valence-electron chi connectivity index (χ0n) is 14.0. The van der Waals surface area contributed by atoms with Gasteiger partial charge in [-0.3, -0.25) is 10.1 Å². The van der Waals surface area contributed by atoms with Crippen LogP contribution in [0.4, 0.5) is 5.95 Å². The molecule has 5 nitrogen and oxygen atoms in total. The van der Waals surface area contributed by atoms with Crippen molar-refractivity contribution in [3.8, 4) is 11.3 Å². The molecule has 4 rings (SSSR count). The average molecular weight is 409 g/mol. The molecule has 1 aliphatic rings. The molecule has 0 aliphatic heterocycles. The summed E-state index contributed by atoms with van der Waals surface area (Å²) in [6, 6.07) is 5.30. The molecule has 0 spiro atoms. The van der Waals surface area contributed by atoms with E-state index in [0.29, 0.717) is 33.3 Å². The minimum atomic E-state index is -0.0162. The first-order valence-corrected chi connectivity index (χ1v) is 10.3. The lowest BCUT2D eigenvalue weighted by molar-refractivity contribution is -0.117. The lowest BCUT2D eigenvalue weighted by Crippen LogP contribution is -2.19. The number of rotatable bonds is 4. The smallest absolute Gasteiger partial charge is 0.250 e. The Labute approximate surface area is 165 Å². The first kappa shape index (κ1) is 17.8. The monoisotopic (exact) mass is 408 g/mol. The summed E-state index contributed by atoms with van der Waals surface area (Å²) in [7, 11) is 0. The Morgan fingerprint density at radius 3 is 2.88 bits per heavy atom. The molecule has 136 valence electrons. The number of fused-ring (bicyclic) bond motifs is 1. The molecule has 0 saturated heterocycles. The Hall–Kier alpha value is -1.63. The molecule has 1 N–H and O–H groups in total. The number of halogens is 2. The first-order valence-electron chi connectivity index (χ1n) is 8.69. The van der Waals surface area contributed by atoms with Crippen LogP contribution in [0, 0.1) is 5.92 Å². The van der Waals surface area contributed by atoms with Gasteiger partial charge in [-0.15, -0.1) is 16.4 Å². The predicted octanol–water partition coefficient (Wildman–Crippen LogP) is 5.67. The van der Waals surface area contributed by atoms with Gasteiger partial charge in [0.05, 0.1) is 10.7 Å². The Morgan fingerprint density at radius 1 is 1.27 bits per heavy atom. The van der Waals surface area contributed by atoms with E-state index in [1.807, 2.05) is 5.38 Å². The Balaban J connectivity index is 1.54. The van der Waals surface area contributed by atoms with Crippen LogP contribution in [0.5, 0.6) is 0 Å². The molecule has 0 unspecified atom stereocenters. The van der Waals surface area contributed by atoms with E-state index < -0.39 is 0 Å². The average Bonchev–Trinajstić information content (AvgIpc) is 3.18. The second kappa shape index (κ2) is 7.55. The maximum atomic E-state index is 12.3. The van der Waals surface area contributed by atoms with Crippen LogP contribution in [0.15, 0.2) is 23.6 Å². The number of aromatic nitrogens is 3. The van der Waals surface area contributed by atoms with Crippen molar-refractivity contribution in [3.63, 3.8) is 0 Å². The molecule has 8 heteroatoms. The number of benzene rings is 1. The van der Waals surface area contributed by atoms with Gasteiger partial charge in [0.2, 0.25) is 16.8 Å². The van der Waals surface area contributed by atoms with Crippen LogP contribution in [-0.2, 0) is 4.79 Å². The van der Waals surface area contributed by atoms with Crippen molar-refractivity contribution in [2.75, 3.05) is 5.32 Å². The zero-order chi connectivity index (χ0) is 18.1. The molecule has 1 saturated carbocycles. The number of anilines is 1. The summed E-state index contributed by atoms with van der Waals surface area (Å²) < 4.78 is 1.69. The van der Waals surface area contributed by atoms with E-state index in [4.69, 9.17) is 23.2 Å². The standard InChI is InChI=1S/C18H18Cl2N4OS/c19-12-6-7-14(20)13(9-12)15-10-26-18-22-17(23-24(15)18)21-16(25)8-11-4-2-1-3-5-11/h6-7,9-11H,1-5,8H2,(H,21,23,25). The van der Waals surface area contributed by atoms with E-state index in [1.54, 1.807) is 22.7 Å². The summed E-state index contributed by atoms with van der Waals surface area (Å²) in [5, 5.41) is 10.4. The minimum Gasteiger partial charge on any atom is -0.293 e. The Bertz CT molecular complexity index is 946. The molecule has 0 bridgehead atoms. The highest BCUT2D eigenvalue weighted by atomic mass is 35.5. The third kappa shape index (κ3) is 3.72. The highest BCUT2D eigenvalue weighted by Gasteiger charge is 2.19. The van der Waals surface area contributed by atoms with E-state index in [-0.39, 0.29) is 5.91 Å². The highest BCUT2D eigenvalue weighted by Crippen LogP contribution is 2.33. The predicted molar refractivity (Wildman–Crippen MR) is 106 cm³/mol. The number of thiazole rings is 1. The molecule has 1 aromatic carbocycles. The molecule has 2 aromatic heterocycles. The van der Waals surface area contributed by atoms with Crippen molar-refractivity contribution in [2.45, 2.75) is 38.5 Å². The zero-order valence-corrected chi connectivity index (χ0v) is 16.4. The van der Waals surface area contributed by atoms with Gasteiger partial charge < -0.3 is 0 Å². The maximum absolute atomic E-state index is 12.3. The fourth-order valence-electron chi connectivity index (χ4n) is 3.44. The van der Waals surface area contributed by atoms with E-state index in [1.165, 1.54) is 30.6 Å². The van der Waals surface area contributed by atoms with E-state index in [2.05, 4.69) is 15.4 Å². The summed E-state index contributed by atoms with van der Waals surface area (Å²) in [4.78, 5) is 17.4. The van der Waals surface area contributed by atoms with Crippen LogP contribution in [0.3, 0.4) is 0 Å². The maximum Gasteiger partial charge on any atom is 0.250 e. The molecule has 1 aliphatic carbocycles. The van der Waals surface area contributed by atoms with Crippen molar-refractivity contribution in [3.05, 3.63) is 33.6 Å². The van der Waals surface area contributed by atoms with Crippen LogP contribution >= 0.6 is 34.5 Å². The molecule has 1 fully saturated rings. The van der Waals surface area contributed by atoms with Crippen LogP contribution < -0.4 is 5.32 Å². The third-order valence-electron chi connectivity index (χ3n) is 4.74. The fourth-order valence-corrected chi connectivity index (χ4v) is 4.65. The second-order valence-corrected chi connectivity index (χ2v) is 8.31. The van der Waals surface area contributed by atoms with Crippen molar-refractivity contribution in [1.29, 1.82) is 0 Å². The number of nitrogens with one attached hydrogen (secondary N) is 1. The van der Waals surface area contributed by atoms with Crippen LogP contribution in [0.25, 0.3) is 16.2 Å². The number of carbonyl (C=O) groups is 1. The van der Waals surface area contributed by atoms with Crippen LogP contribution in [0.1, 0.15) is 38.5 Å². The molecular weight excluding hydrogens is 391 g/mol. The second-order valence-electron chi connectivity index (χ2n) is 6.63. The number of hydrogen-bond acceptors (Lipinski definition) is 4. The van der Waals surface area contributed by atoms with Gasteiger partial charge in [-0.2, -0.15) is 4.98 Å². The third-order valence-corrected chi connectivity index (χ3v) is 6.12. The summed E-state index contributed by atoms with van der Waals surface area (Å²) in [6.45, 7) is 0. The van der Waals surface area contributed by atoms with E-state index in [0.717, 1.165) is 24.1 Å². The van der Waals surface area contributed by atoms with Gasteiger partial charge >= 0.3 is 0 Å². The SMILES string of the molecule is O=C(CC1CCCCC1)Nc1nc2scc(-c3cc(Cl)ccc3Cl)n2n1. The summed E-state index contributed by atoms with van der Waals surface area (Å²) in [5.41, 5.74) is 1.59. The van der Waals surface area contributed by atoms with E-state index >= 15 is 0 Å². The van der Waals surface area contributed by atoms with Gasteiger partial charge in [0.1, 0.15) is 0 Å². The summed E-state index contributed by atoms with van der Waals surface area (Å²) >= 11 is 13.8. The van der Waals surface area contributed by atoms with Gasteiger partial charge in [-0.25, -0.2) is 4.52 Å². The fraction of sp³-hybridized carbons (Fsp3) is 0.389. The molecule has 2 heterocycles. The topological polar surface area (TPSA) is 59.3 Å². The van der Waals surface area contributed by atoms with Crippen molar-refractivity contribution in [2.24, 2.45) is 5.92 Å². The Kier molecular flexibility index (Phi) is 5.16. The van der Waals surface area contributed by atoms with Crippen LogP contribution in [0.2, 0.25) is 10.0 Å². The Morgan fingerprint density at radius 2 is 2.08 bits per heavy atom. The lowest BCUT2D eigenvalue weighted by atomic mass is 9.87. The first-order chi connectivity index (χ1) is 12.6. The molecule has 26 heavy (non-hydrogen) atoms. The lowest BCUT2D eigenvalue weighted by Gasteiger charge is -2.20. The van der Waals surface area contributed by atoms with Gasteiger partial charge in [0.25, 0.3) is 0 Å². The molecule has 1 amide bonds. The summed E-state index contributed by atoms with van der Waals surface area (Å²) in [6.07, 6.45) is 6.54. The number of carbonyl (C=O) groups excluding carboxylic acids is 1. The van der Waals surface area contributed by atoms with E-state index in [9.17, 15) is 4.79 Å². The van der Waals surface area contributed by atoms with Gasteiger partial charge in [0, 0.05) is 22.4 Å². The van der Waals surface area contributed by atoms with Crippen LogP contribution in [-0.4, -0.2) is 20.5 Å². The van der Waals surface area contributed by atoms with Crippen molar-refractivity contribution < 1.29 is 4.79 Å².